The summed E-state index contributed by atoms with van der Waals surface area (Å²) in [4.78, 5) is 35.7. The monoisotopic (exact) mass is 1050 g/mol. The van der Waals surface area contributed by atoms with Crippen molar-refractivity contribution in [2.75, 3.05) is 0 Å². The summed E-state index contributed by atoms with van der Waals surface area (Å²) in [5.41, 5.74) is 14.4. The Morgan fingerprint density at radius 3 is 1.04 bits per heavy atom. The Morgan fingerprint density at radius 2 is 0.610 bits per heavy atom. The predicted octanol–water partition coefficient (Wildman–Crippen LogP) is 16.9. The molecule has 5 aromatic heterocycles. The summed E-state index contributed by atoms with van der Waals surface area (Å²) in [5.74, 6) is 3.47. The molecule has 10 heteroatoms. The molecular formula is C72H44N10. The van der Waals surface area contributed by atoms with Crippen molar-refractivity contribution in [2.45, 2.75) is 0 Å². The van der Waals surface area contributed by atoms with Crippen molar-refractivity contribution < 1.29 is 0 Å². The maximum atomic E-state index is 11.5. The van der Waals surface area contributed by atoms with Gasteiger partial charge in [-0.3, -0.25) is 0 Å². The van der Waals surface area contributed by atoms with Crippen LogP contribution in [-0.4, -0.2) is 44.0 Å². The Morgan fingerprint density at radius 1 is 0.256 bits per heavy atom. The molecule has 15 aromatic rings. The molecule has 10 aromatic carbocycles. The molecule has 0 unspecified atom stereocenters. The smallest absolute Gasteiger partial charge is 0.164 e. The maximum Gasteiger partial charge on any atom is 0.164 e. The van der Waals surface area contributed by atoms with Crippen LogP contribution in [0.4, 0.5) is 0 Å². The van der Waals surface area contributed by atoms with Gasteiger partial charge in [0.1, 0.15) is 6.07 Å². The van der Waals surface area contributed by atoms with Crippen molar-refractivity contribution in [2.24, 2.45) is 0 Å². The number of aromatic nitrogens is 9. The number of nitriles is 1. The van der Waals surface area contributed by atoms with Crippen molar-refractivity contribution in [3.05, 3.63) is 272 Å². The zero-order valence-electron chi connectivity index (χ0n) is 43.9. The fourth-order valence-corrected chi connectivity index (χ4v) is 11.2. The van der Waals surface area contributed by atoms with Gasteiger partial charge in [-0.25, -0.2) is 34.9 Å². The van der Waals surface area contributed by atoms with E-state index in [9.17, 15) is 5.26 Å². The van der Waals surface area contributed by atoms with Crippen molar-refractivity contribution in [1.82, 2.24) is 44.0 Å². The van der Waals surface area contributed by atoms with Crippen LogP contribution >= 0.6 is 0 Å². The third kappa shape index (κ3) is 8.41. The van der Waals surface area contributed by atoms with Crippen molar-refractivity contribution in [1.29, 1.82) is 5.26 Å². The molecule has 0 saturated carbocycles. The summed E-state index contributed by atoms with van der Waals surface area (Å²) in [7, 11) is 0. The van der Waals surface area contributed by atoms with E-state index < -0.39 is 0 Å². The van der Waals surface area contributed by atoms with Crippen LogP contribution < -0.4 is 0 Å². The van der Waals surface area contributed by atoms with Gasteiger partial charge in [-0.05, 0) is 72.8 Å². The fourth-order valence-electron chi connectivity index (χ4n) is 11.2. The highest BCUT2D eigenvalue weighted by molar-refractivity contribution is 6.12. The Kier molecular flexibility index (Phi) is 11.6. The van der Waals surface area contributed by atoms with E-state index in [0.717, 1.165) is 105 Å². The number of hydrogen-bond acceptors (Lipinski definition) is 8. The minimum atomic E-state index is 0.483. The number of hydrogen-bond donors (Lipinski definition) is 0. The number of benzene rings is 10. The Balaban J connectivity index is 0.940. The Bertz CT molecular complexity index is 4860. The molecule has 0 amide bonds. The second-order valence-corrected chi connectivity index (χ2v) is 20.0. The van der Waals surface area contributed by atoms with E-state index >= 15 is 0 Å². The number of rotatable bonds is 10. The largest absolute Gasteiger partial charge is 0.309 e. The van der Waals surface area contributed by atoms with Gasteiger partial charge < -0.3 is 9.13 Å². The van der Waals surface area contributed by atoms with Crippen LogP contribution in [0.3, 0.4) is 0 Å². The molecule has 5 heterocycles. The van der Waals surface area contributed by atoms with Crippen molar-refractivity contribution in [3.8, 4) is 108 Å². The standard InChI is InChI=1S/C72H44N10/c73-45-53-43-66(82-62-36-19-17-32-55(62)57-42-52(38-40-64(57)82)72-79-69(49-27-12-4-13-28-49)76-70(80-72)50-29-14-5-15-30-50)58(60-34-20-33-59(74-60)46-21-6-1-7-22-46)44-65(53)81-61-35-18-16-31-54(61)56-41-51(37-39-63(56)81)71-77-67(47-23-8-2-9-24-47)75-68(78-71)48-25-10-3-11-26-48/h1-44H. The Hall–Kier alpha value is -11.5. The molecule has 15 rings (SSSR count). The normalized spacial score (nSPS) is 11.4. The summed E-state index contributed by atoms with van der Waals surface area (Å²) in [5, 5.41) is 15.6. The van der Waals surface area contributed by atoms with E-state index in [0.29, 0.717) is 46.2 Å². The lowest BCUT2D eigenvalue weighted by atomic mass is 10.0. The van der Waals surface area contributed by atoms with E-state index in [-0.39, 0.29) is 0 Å². The zero-order chi connectivity index (χ0) is 54.5. The van der Waals surface area contributed by atoms with Gasteiger partial charge in [0.05, 0.1) is 50.4 Å². The van der Waals surface area contributed by atoms with Gasteiger partial charge in [-0.1, -0.05) is 194 Å². The highest BCUT2D eigenvalue weighted by Crippen LogP contribution is 2.42. The molecule has 10 nitrogen and oxygen atoms in total. The highest BCUT2D eigenvalue weighted by Gasteiger charge is 2.24. The molecular weight excluding hydrogens is 1000 g/mol. The highest BCUT2D eigenvalue weighted by atomic mass is 15.1. The first-order chi connectivity index (χ1) is 40.6. The van der Waals surface area contributed by atoms with Gasteiger partial charge >= 0.3 is 0 Å². The van der Waals surface area contributed by atoms with E-state index in [1.807, 2.05) is 158 Å². The topological polar surface area (TPSA) is 124 Å². The molecule has 0 aliphatic rings. The molecule has 0 aliphatic heterocycles. The molecule has 0 aliphatic carbocycles. The van der Waals surface area contributed by atoms with Crippen LogP contribution in [0.2, 0.25) is 0 Å². The summed E-state index contributed by atoms with van der Waals surface area (Å²) >= 11 is 0. The van der Waals surface area contributed by atoms with Gasteiger partial charge in [0, 0.05) is 66.1 Å². The summed E-state index contributed by atoms with van der Waals surface area (Å²) in [6.45, 7) is 0. The maximum absolute atomic E-state index is 11.5. The van der Waals surface area contributed by atoms with Crippen LogP contribution in [-0.2, 0) is 0 Å². The molecule has 0 N–H and O–H groups in total. The Labute approximate surface area is 471 Å². The van der Waals surface area contributed by atoms with Gasteiger partial charge in [0.2, 0.25) is 0 Å². The first-order valence-corrected chi connectivity index (χ1v) is 27.0. The number of nitrogens with zero attached hydrogens (tertiary/aromatic N) is 10. The van der Waals surface area contributed by atoms with Gasteiger partial charge in [-0.2, -0.15) is 5.26 Å². The SMILES string of the molecule is N#Cc1cc(-n2c3ccccc3c3cc(-c4nc(-c5ccccc5)nc(-c5ccccc5)n4)ccc32)c(-c2cccc(-c3ccccc3)n2)cc1-n1c2ccccc2c2cc(-c3nc(-c4ccccc4)nc(-c4ccccc4)n3)ccc21. The lowest BCUT2D eigenvalue weighted by Crippen LogP contribution is -2.05. The van der Waals surface area contributed by atoms with E-state index in [2.05, 4.69) is 124 Å². The van der Waals surface area contributed by atoms with Crippen LogP contribution in [0.15, 0.2) is 267 Å². The number of fused-ring (bicyclic) bond motifs is 6. The first kappa shape index (κ1) is 47.7. The second kappa shape index (κ2) is 20.0. The van der Waals surface area contributed by atoms with E-state index in [1.54, 1.807) is 0 Å². The zero-order valence-corrected chi connectivity index (χ0v) is 43.9. The average molecular weight is 1050 g/mol. The lowest BCUT2D eigenvalue weighted by Gasteiger charge is -2.19. The minimum Gasteiger partial charge on any atom is -0.309 e. The van der Waals surface area contributed by atoms with Crippen LogP contribution in [0.25, 0.3) is 146 Å². The minimum absolute atomic E-state index is 0.483. The summed E-state index contributed by atoms with van der Waals surface area (Å²) < 4.78 is 4.48. The van der Waals surface area contributed by atoms with Crippen LogP contribution in [0.5, 0.6) is 0 Å². The van der Waals surface area contributed by atoms with Gasteiger partial charge in [0.15, 0.2) is 34.9 Å². The third-order valence-corrected chi connectivity index (χ3v) is 15.1. The first-order valence-electron chi connectivity index (χ1n) is 27.0. The van der Waals surface area contributed by atoms with E-state index in [1.165, 1.54) is 0 Å². The molecule has 0 fully saturated rings. The summed E-state index contributed by atoms with van der Waals surface area (Å²) in [6.07, 6.45) is 0. The number of para-hydroxylation sites is 2. The number of pyridine rings is 1. The fraction of sp³-hybridized carbons (Fsp3) is 0. The van der Waals surface area contributed by atoms with Crippen molar-refractivity contribution >= 4 is 43.6 Å². The van der Waals surface area contributed by atoms with Gasteiger partial charge in [-0.15, -0.1) is 0 Å². The van der Waals surface area contributed by atoms with Gasteiger partial charge in [0.25, 0.3) is 0 Å². The third-order valence-electron chi connectivity index (χ3n) is 15.1. The molecule has 0 bridgehead atoms. The lowest BCUT2D eigenvalue weighted by molar-refractivity contribution is 1.07. The molecule has 82 heavy (non-hydrogen) atoms. The molecule has 0 radical (unpaired) electrons. The van der Waals surface area contributed by atoms with Crippen molar-refractivity contribution in [3.63, 3.8) is 0 Å². The molecule has 0 saturated heterocycles. The van der Waals surface area contributed by atoms with Crippen LogP contribution in [0, 0.1) is 11.3 Å². The second-order valence-electron chi connectivity index (χ2n) is 20.0. The van der Waals surface area contributed by atoms with E-state index in [4.69, 9.17) is 34.9 Å². The average Bonchev–Trinajstić information content (AvgIpc) is 4.25. The van der Waals surface area contributed by atoms with Crippen LogP contribution in [0.1, 0.15) is 5.56 Å². The summed E-state index contributed by atoms with van der Waals surface area (Å²) in [6, 6.07) is 92.8. The quantitative estimate of drug-likeness (QED) is 0.133. The predicted molar refractivity (Wildman–Crippen MR) is 328 cm³/mol. The molecule has 0 atom stereocenters. The molecule has 0 spiro atoms. The molecule has 382 valence electrons.